The molecule has 4 saturated carbocycles. The van der Waals surface area contributed by atoms with Crippen molar-refractivity contribution >= 4 is 35.0 Å². The number of methoxy groups -OCH3 is 1. The minimum atomic E-state index is -2.23. The zero-order valence-electron chi connectivity index (χ0n) is 19.3. The predicted octanol–water partition coefficient (Wildman–Crippen LogP) is 0.0393. The summed E-state index contributed by atoms with van der Waals surface area (Å²) in [5.41, 5.74) is 0.135. The molecule has 192 valence electrons. The van der Waals surface area contributed by atoms with Crippen LogP contribution in [0.3, 0.4) is 0 Å². The third kappa shape index (κ3) is 3.89. The second kappa shape index (κ2) is 8.97. The number of hydrogen-bond acceptors (Lipinski definition) is 11. The Balaban J connectivity index is 1.27. The van der Waals surface area contributed by atoms with E-state index in [-0.39, 0.29) is 23.3 Å². The van der Waals surface area contributed by atoms with Crippen molar-refractivity contribution in [1.29, 1.82) is 0 Å². The maximum atomic E-state index is 13.4. The summed E-state index contributed by atoms with van der Waals surface area (Å²) in [4.78, 5) is 49.8. The van der Waals surface area contributed by atoms with Crippen LogP contribution >= 0.6 is 0 Å². The fourth-order valence-corrected chi connectivity index (χ4v) is 7.96. The van der Waals surface area contributed by atoms with E-state index in [4.69, 9.17) is 23.7 Å². The van der Waals surface area contributed by atoms with E-state index in [0.717, 1.165) is 0 Å². The fourth-order valence-electron chi connectivity index (χ4n) is 7.00. The maximum Gasteiger partial charge on any atom is 0.344 e. The highest BCUT2D eigenvalue weighted by Crippen LogP contribution is 2.59. The highest BCUT2D eigenvalue weighted by Gasteiger charge is 2.70. The Morgan fingerprint density at radius 3 is 2.49 bits per heavy atom. The van der Waals surface area contributed by atoms with Gasteiger partial charge in [0.15, 0.2) is 6.61 Å². The Labute approximate surface area is 204 Å². The van der Waals surface area contributed by atoms with Gasteiger partial charge >= 0.3 is 23.9 Å². The van der Waals surface area contributed by atoms with E-state index >= 15 is 0 Å². The van der Waals surface area contributed by atoms with E-state index in [1.165, 1.54) is 14.0 Å². The van der Waals surface area contributed by atoms with Gasteiger partial charge in [-0.15, -0.1) is 0 Å². The van der Waals surface area contributed by atoms with Crippen LogP contribution in [-0.2, 0) is 53.9 Å². The Kier molecular flexibility index (Phi) is 6.25. The zero-order valence-corrected chi connectivity index (χ0v) is 20.1. The highest BCUT2D eigenvalue weighted by molar-refractivity contribution is 7.79. The van der Waals surface area contributed by atoms with Gasteiger partial charge in [0.25, 0.3) is 0 Å². The lowest BCUT2D eigenvalue weighted by atomic mass is 9.78. The van der Waals surface area contributed by atoms with Crippen molar-refractivity contribution in [3.63, 3.8) is 0 Å². The molecule has 0 spiro atoms. The molecule has 1 aliphatic heterocycles. The molecule has 35 heavy (non-hydrogen) atoms. The quantitative estimate of drug-likeness (QED) is 0.188. The molecule has 0 radical (unpaired) electrons. The number of carbonyl (C=O) groups excluding carboxylic acids is 4. The minimum absolute atomic E-state index is 0.135. The third-order valence-electron chi connectivity index (χ3n) is 8.32. The number of ether oxygens (including phenoxy) is 5. The van der Waals surface area contributed by atoms with Crippen LogP contribution in [0.25, 0.3) is 0 Å². The van der Waals surface area contributed by atoms with Crippen LogP contribution in [0.4, 0.5) is 0 Å². The molecule has 1 saturated heterocycles. The molecule has 11 nitrogen and oxygen atoms in total. The van der Waals surface area contributed by atoms with Crippen LogP contribution in [-0.4, -0.2) is 76.0 Å². The van der Waals surface area contributed by atoms with Gasteiger partial charge in [-0.2, -0.15) is 0 Å². The van der Waals surface area contributed by atoms with Gasteiger partial charge in [0.05, 0.1) is 17.9 Å². The average molecular weight is 512 g/mol. The molecule has 5 rings (SSSR count). The molecular weight excluding hydrogens is 484 g/mol. The fraction of sp³-hybridized carbons (Fsp3) is 0.739. The van der Waals surface area contributed by atoms with Crippen LogP contribution in [0.2, 0.25) is 0 Å². The zero-order chi connectivity index (χ0) is 25.2. The van der Waals surface area contributed by atoms with E-state index in [2.05, 4.69) is 6.58 Å². The van der Waals surface area contributed by atoms with E-state index in [1.54, 1.807) is 0 Å². The van der Waals surface area contributed by atoms with Gasteiger partial charge < -0.3 is 28.2 Å². The lowest BCUT2D eigenvalue weighted by Gasteiger charge is -2.37. The minimum Gasteiger partial charge on any atom is -0.772 e. The summed E-state index contributed by atoms with van der Waals surface area (Å²) >= 11 is -2.23. The molecule has 4 bridgehead atoms. The summed E-state index contributed by atoms with van der Waals surface area (Å²) in [6, 6.07) is 0. The Morgan fingerprint density at radius 2 is 1.83 bits per heavy atom. The summed E-state index contributed by atoms with van der Waals surface area (Å²) in [6.45, 7) is 4.26. The first kappa shape index (κ1) is 24.4. The number of esters is 4. The summed E-state index contributed by atoms with van der Waals surface area (Å²) in [6.07, 6.45) is -1.20. The van der Waals surface area contributed by atoms with Crippen LogP contribution in [0.1, 0.15) is 26.2 Å². The molecule has 0 aromatic heterocycles. The maximum absolute atomic E-state index is 13.4. The molecule has 12 unspecified atom stereocenters. The summed E-state index contributed by atoms with van der Waals surface area (Å²) in [7, 11) is 1.46. The molecular formula is C23H27O11S-. The van der Waals surface area contributed by atoms with Crippen molar-refractivity contribution in [3.8, 4) is 0 Å². The molecule has 0 N–H and O–H groups in total. The van der Waals surface area contributed by atoms with Crippen LogP contribution in [0, 0.1) is 35.5 Å². The first-order valence-corrected chi connectivity index (χ1v) is 12.8. The van der Waals surface area contributed by atoms with Gasteiger partial charge in [-0.25, -0.2) is 9.59 Å². The molecule has 5 fully saturated rings. The SMILES string of the molecule is C=C(C)C(=O)OCC(=O)OC1C2CC3C1OC(=O)C3C2C(=O)OC1C2CC(C1OC)C(S(=O)[O-])C2. The highest BCUT2D eigenvalue weighted by atomic mass is 32.2. The van der Waals surface area contributed by atoms with E-state index in [0.29, 0.717) is 19.3 Å². The number of rotatable bonds is 8. The molecule has 0 aromatic carbocycles. The van der Waals surface area contributed by atoms with Crippen molar-refractivity contribution < 1.29 is 51.6 Å². The van der Waals surface area contributed by atoms with Crippen LogP contribution < -0.4 is 0 Å². The Hall–Kier alpha value is -2.31. The van der Waals surface area contributed by atoms with Crippen molar-refractivity contribution in [2.24, 2.45) is 35.5 Å². The Morgan fingerprint density at radius 1 is 1.09 bits per heavy atom. The number of carbonyl (C=O) groups is 4. The van der Waals surface area contributed by atoms with E-state index < -0.39 is 89.0 Å². The van der Waals surface area contributed by atoms with Crippen molar-refractivity contribution in [2.45, 2.75) is 55.9 Å². The van der Waals surface area contributed by atoms with Gasteiger partial charge in [-0.05, 0) is 26.2 Å². The molecule has 5 aliphatic rings. The standard InChI is InChI=1S/C23H28O11S/c1-8(2)21(25)31-7-14(24)32-19-11-6-12-16(23(27)34-20(12)19)15(11)22(26)33-17-9-4-10(18(17)30-3)13(5-9)35(28)29/h9-13,15-20H,1,4-7H2,2-3H3,(H,28,29)/p-1. The monoisotopic (exact) mass is 511 g/mol. The van der Waals surface area contributed by atoms with Crippen LogP contribution in [0.15, 0.2) is 12.2 Å². The lowest BCUT2D eigenvalue weighted by Crippen LogP contribution is -2.48. The van der Waals surface area contributed by atoms with E-state index in [1.807, 2.05) is 0 Å². The third-order valence-corrected chi connectivity index (χ3v) is 9.36. The summed E-state index contributed by atoms with van der Waals surface area (Å²) < 4.78 is 50.3. The Bertz CT molecular complexity index is 994. The molecule has 12 atom stereocenters. The summed E-state index contributed by atoms with van der Waals surface area (Å²) in [5, 5.41) is -0.532. The molecule has 1 heterocycles. The molecule has 4 aliphatic carbocycles. The summed E-state index contributed by atoms with van der Waals surface area (Å²) in [5.74, 6) is -5.31. The first-order valence-electron chi connectivity index (χ1n) is 11.7. The second-order valence-electron chi connectivity index (χ2n) is 10.1. The largest absolute Gasteiger partial charge is 0.772 e. The lowest BCUT2D eigenvalue weighted by molar-refractivity contribution is -0.176. The van der Waals surface area contributed by atoms with Crippen LogP contribution in [0.5, 0.6) is 0 Å². The predicted molar refractivity (Wildman–Crippen MR) is 114 cm³/mol. The number of hydrogen-bond donors (Lipinski definition) is 0. The number of fused-ring (bicyclic) bond motifs is 3. The topological polar surface area (TPSA) is 155 Å². The van der Waals surface area contributed by atoms with Gasteiger partial charge in [0.1, 0.15) is 18.3 Å². The van der Waals surface area contributed by atoms with E-state index in [9.17, 15) is 27.9 Å². The van der Waals surface area contributed by atoms with Crippen molar-refractivity contribution in [2.75, 3.05) is 13.7 Å². The van der Waals surface area contributed by atoms with Gasteiger partial charge in [-0.3, -0.25) is 13.8 Å². The average Bonchev–Trinajstić information content (AvgIpc) is 3.58. The van der Waals surface area contributed by atoms with Crippen molar-refractivity contribution in [3.05, 3.63) is 12.2 Å². The second-order valence-corrected chi connectivity index (χ2v) is 11.3. The van der Waals surface area contributed by atoms with Crippen molar-refractivity contribution in [1.82, 2.24) is 0 Å². The molecule has 0 amide bonds. The smallest absolute Gasteiger partial charge is 0.344 e. The van der Waals surface area contributed by atoms with Gasteiger partial charge in [0.2, 0.25) is 0 Å². The first-order chi connectivity index (χ1) is 16.6. The van der Waals surface area contributed by atoms with Gasteiger partial charge in [0, 0.05) is 41.6 Å². The molecule has 0 aromatic rings. The molecule has 12 heteroatoms. The normalized spacial score (nSPS) is 43.1. The van der Waals surface area contributed by atoms with Gasteiger partial charge in [-0.1, -0.05) is 17.7 Å².